The number of rotatable bonds is 4. The molecule has 3 nitrogen and oxygen atoms in total. The van der Waals surface area contributed by atoms with Crippen molar-refractivity contribution >= 4 is 5.69 Å². The van der Waals surface area contributed by atoms with Crippen molar-refractivity contribution < 1.29 is 4.74 Å². The van der Waals surface area contributed by atoms with E-state index in [2.05, 4.69) is 13.0 Å². The van der Waals surface area contributed by atoms with Crippen molar-refractivity contribution in [2.24, 2.45) is 5.73 Å². The van der Waals surface area contributed by atoms with Gasteiger partial charge in [-0.3, -0.25) is 0 Å². The Kier molecular flexibility index (Phi) is 3.77. The van der Waals surface area contributed by atoms with E-state index in [0.29, 0.717) is 6.67 Å². The average molecular weight is 194 g/mol. The summed E-state index contributed by atoms with van der Waals surface area (Å²) in [6.07, 6.45) is 0.968. The van der Waals surface area contributed by atoms with Crippen molar-refractivity contribution in [3.63, 3.8) is 0 Å². The number of aryl methyl sites for hydroxylation is 1. The zero-order chi connectivity index (χ0) is 10.6. The van der Waals surface area contributed by atoms with Crippen LogP contribution >= 0.6 is 0 Å². The highest BCUT2D eigenvalue weighted by Crippen LogP contribution is 2.24. The topological polar surface area (TPSA) is 38.5 Å². The van der Waals surface area contributed by atoms with E-state index in [4.69, 9.17) is 10.5 Å². The van der Waals surface area contributed by atoms with E-state index in [1.807, 2.05) is 24.1 Å². The zero-order valence-electron chi connectivity index (χ0n) is 9.08. The summed E-state index contributed by atoms with van der Waals surface area (Å²) in [6, 6.07) is 6.12. The first-order valence-electron chi connectivity index (χ1n) is 4.81. The summed E-state index contributed by atoms with van der Waals surface area (Å²) in [5, 5.41) is 0. The van der Waals surface area contributed by atoms with Gasteiger partial charge >= 0.3 is 0 Å². The van der Waals surface area contributed by atoms with Crippen LogP contribution in [0.25, 0.3) is 0 Å². The van der Waals surface area contributed by atoms with Gasteiger partial charge in [-0.2, -0.15) is 0 Å². The predicted molar refractivity (Wildman–Crippen MR) is 59.8 cm³/mol. The first-order valence-corrected chi connectivity index (χ1v) is 4.81. The summed E-state index contributed by atoms with van der Waals surface area (Å²) in [7, 11) is 3.67. The molecule has 0 atom stereocenters. The first-order chi connectivity index (χ1) is 6.72. The Hall–Kier alpha value is -1.22. The number of hydrogen-bond donors (Lipinski definition) is 1. The van der Waals surface area contributed by atoms with Crippen LogP contribution in [-0.4, -0.2) is 20.8 Å². The van der Waals surface area contributed by atoms with Crippen LogP contribution in [0.1, 0.15) is 12.5 Å². The van der Waals surface area contributed by atoms with Crippen molar-refractivity contribution in [2.45, 2.75) is 13.3 Å². The third-order valence-electron chi connectivity index (χ3n) is 2.36. The fourth-order valence-corrected chi connectivity index (χ4v) is 1.38. The summed E-state index contributed by atoms with van der Waals surface area (Å²) in [6.45, 7) is 2.64. The number of hydrogen-bond acceptors (Lipinski definition) is 3. The summed E-state index contributed by atoms with van der Waals surface area (Å²) >= 11 is 0. The maximum Gasteiger partial charge on any atom is 0.122 e. The van der Waals surface area contributed by atoms with Crippen LogP contribution < -0.4 is 15.4 Å². The molecule has 0 spiro atoms. The summed E-state index contributed by atoms with van der Waals surface area (Å²) in [5.74, 6) is 0.946. The number of ether oxygens (including phenoxy) is 1. The van der Waals surface area contributed by atoms with E-state index in [0.717, 1.165) is 17.9 Å². The van der Waals surface area contributed by atoms with Gasteiger partial charge in [0.1, 0.15) is 5.75 Å². The third kappa shape index (κ3) is 2.17. The molecule has 0 saturated heterocycles. The van der Waals surface area contributed by atoms with Crippen molar-refractivity contribution in [1.29, 1.82) is 0 Å². The smallest absolute Gasteiger partial charge is 0.122 e. The summed E-state index contributed by atoms with van der Waals surface area (Å²) in [4.78, 5) is 2.00. The summed E-state index contributed by atoms with van der Waals surface area (Å²) < 4.78 is 5.25. The lowest BCUT2D eigenvalue weighted by Gasteiger charge is -2.18. The molecule has 14 heavy (non-hydrogen) atoms. The minimum atomic E-state index is 0.523. The van der Waals surface area contributed by atoms with E-state index >= 15 is 0 Å². The molecule has 2 N–H and O–H groups in total. The molecule has 78 valence electrons. The van der Waals surface area contributed by atoms with Crippen LogP contribution in [0.5, 0.6) is 5.75 Å². The standard InChI is InChI=1S/C11H18N2O/c1-4-9-7-10(13(2)8-12)5-6-11(9)14-3/h5-7H,4,8,12H2,1-3H3. The number of benzene rings is 1. The van der Waals surface area contributed by atoms with Crippen molar-refractivity contribution in [1.82, 2.24) is 0 Å². The second-order valence-electron chi connectivity index (χ2n) is 3.23. The molecule has 0 heterocycles. The van der Waals surface area contributed by atoms with Crippen LogP contribution in [0, 0.1) is 0 Å². The largest absolute Gasteiger partial charge is 0.496 e. The van der Waals surface area contributed by atoms with Gasteiger partial charge in [0.2, 0.25) is 0 Å². The van der Waals surface area contributed by atoms with Crippen LogP contribution in [0.2, 0.25) is 0 Å². The zero-order valence-corrected chi connectivity index (χ0v) is 9.08. The molecule has 0 bridgehead atoms. The molecule has 0 fully saturated rings. The normalized spacial score (nSPS) is 10.0. The molecule has 0 aliphatic carbocycles. The molecule has 0 unspecified atom stereocenters. The van der Waals surface area contributed by atoms with E-state index in [-0.39, 0.29) is 0 Å². The lowest BCUT2D eigenvalue weighted by atomic mass is 10.1. The van der Waals surface area contributed by atoms with Gasteiger partial charge in [-0.1, -0.05) is 6.92 Å². The Labute approximate surface area is 85.5 Å². The number of nitrogens with zero attached hydrogens (tertiary/aromatic N) is 1. The van der Waals surface area contributed by atoms with Crippen molar-refractivity contribution in [2.75, 3.05) is 25.7 Å². The number of methoxy groups -OCH3 is 1. The Morgan fingerprint density at radius 3 is 2.64 bits per heavy atom. The molecule has 0 amide bonds. The highest BCUT2D eigenvalue weighted by Gasteiger charge is 2.04. The molecule has 0 saturated carbocycles. The molecular formula is C11H18N2O. The van der Waals surface area contributed by atoms with Gasteiger partial charge in [0.05, 0.1) is 13.8 Å². The van der Waals surface area contributed by atoms with E-state index in [1.165, 1.54) is 5.56 Å². The van der Waals surface area contributed by atoms with E-state index < -0.39 is 0 Å². The summed E-state index contributed by atoms with van der Waals surface area (Å²) in [5.41, 5.74) is 7.90. The van der Waals surface area contributed by atoms with Gasteiger partial charge in [0, 0.05) is 12.7 Å². The fraction of sp³-hybridized carbons (Fsp3) is 0.455. The lowest BCUT2D eigenvalue weighted by molar-refractivity contribution is 0.410. The van der Waals surface area contributed by atoms with Crippen LogP contribution in [-0.2, 0) is 6.42 Å². The van der Waals surface area contributed by atoms with Crippen molar-refractivity contribution in [3.8, 4) is 5.75 Å². The van der Waals surface area contributed by atoms with Gasteiger partial charge in [0.25, 0.3) is 0 Å². The number of anilines is 1. The molecule has 0 radical (unpaired) electrons. The highest BCUT2D eigenvalue weighted by atomic mass is 16.5. The fourth-order valence-electron chi connectivity index (χ4n) is 1.38. The molecule has 1 rings (SSSR count). The quantitative estimate of drug-likeness (QED) is 0.740. The minimum absolute atomic E-state index is 0.523. The third-order valence-corrected chi connectivity index (χ3v) is 2.36. The van der Waals surface area contributed by atoms with Crippen LogP contribution in [0.4, 0.5) is 5.69 Å². The maximum absolute atomic E-state index is 5.56. The number of nitrogens with two attached hydrogens (primary N) is 1. The Morgan fingerprint density at radius 1 is 1.43 bits per heavy atom. The average Bonchev–Trinajstić information content (AvgIpc) is 2.26. The van der Waals surface area contributed by atoms with E-state index in [9.17, 15) is 0 Å². The Bertz CT molecular complexity index is 299. The molecule has 0 aromatic heterocycles. The molecule has 3 heteroatoms. The van der Waals surface area contributed by atoms with E-state index in [1.54, 1.807) is 7.11 Å². The first kappa shape index (κ1) is 10.9. The molecule has 1 aromatic carbocycles. The maximum atomic E-state index is 5.56. The van der Waals surface area contributed by atoms with Crippen molar-refractivity contribution in [3.05, 3.63) is 23.8 Å². The predicted octanol–water partition coefficient (Wildman–Crippen LogP) is 1.61. The Balaban J connectivity index is 3.01. The second-order valence-corrected chi connectivity index (χ2v) is 3.23. The Morgan fingerprint density at radius 2 is 2.14 bits per heavy atom. The SMILES string of the molecule is CCc1cc(N(C)CN)ccc1OC. The van der Waals surface area contributed by atoms with Gasteiger partial charge in [0.15, 0.2) is 0 Å². The molecule has 1 aromatic rings. The highest BCUT2D eigenvalue weighted by molar-refractivity contribution is 5.52. The lowest BCUT2D eigenvalue weighted by Crippen LogP contribution is -2.24. The van der Waals surface area contributed by atoms with Crippen LogP contribution in [0.3, 0.4) is 0 Å². The van der Waals surface area contributed by atoms with Crippen LogP contribution in [0.15, 0.2) is 18.2 Å². The van der Waals surface area contributed by atoms with Gasteiger partial charge < -0.3 is 15.4 Å². The molecule has 0 aliphatic rings. The molecular weight excluding hydrogens is 176 g/mol. The monoisotopic (exact) mass is 194 g/mol. The van der Waals surface area contributed by atoms with Gasteiger partial charge in [-0.15, -0.1) is 0 Å². The second kappa shape index (κ2) is 4.86. The minimum Gasteiger partial charge on any atom is -0.496 e. The van der Waals surface area contributed by atoms with Gasteiger partial charge in [-0.05, 0) is 30.2 Å². The molecule has 0 aliphatic heterocycles. The van der Waals surface area contributed by atoms with Gasteiger partial charge in [-0.25, -0.2) is 0 Å².